The Labute approximate surface area is 263 Å². The van der Waals surface area contributed by atoms with Gasteiger partial charge in [0, 0.05) is 41.9 Å². The molecule has 1 aliphatic rings. The van der Waals surface area contributed by atoms with Crippen LogP contribution in [0.5, 0.6) is 5.88 Å². The monoisotopic (exact) mass is 641 g/mol. The number of anilines is 1. The van der Waals surface area contributed by atoms with Crippen molar-refractivity contribution in [3.8, 4) is 28.3 Å². The van der Waals surface area contributed by atoms with Gasteiger partial charge in [-0.25, -0.2) is 9.67 Å². The van der Waals surface area contributed by atoms with E-state index in [4.69, 9.17) is 44.5 Å². The number of aliphatic hydroxyl groups excluding tert-OH is 1. The molecule has 2 heterocycles. The van der Waals surface area contributed by atoms with Crippen LogP contribution in [0.25, 0.3) is 22.4 Å². The van der Waals surface area contributed by atoms with E-state index in [0.717, 1.165) is 35.9 Å². The van der Waals surface area contributed by atoms with E-state index in [-0.39, 0.29) is 27.9 Å². The first-order valence-corrected chi connectivity index (χ1v) is 14.9. The number of hydrogen-bond donors (Lipinski definition) is 3. The van der Waals surface area contributed by atoms with Gasteiger partial charge in [-0.3, -0.25) is 9.59 Å². The summed E-state index contributed by atoms with van der Waals surface area (Å²) in [7, 11) is 2.98. The van der Waals surface area contributed by atoms with Crippen LogP contribution < -0.4 is 20.9 Å². The molecule has 9 nitrogen and oxygen atoms in total. The molecule has 0 saturated heterocycles. The van der Waals surface area contributed by atoms with Gasteiger partial charge in [0.15, 0.2) is 5.15 Å². The van der Waals surface area contributed by atoms with E-state index >= 15 is 0 Å². The van der Waals surface area contributed by atoms with Gasteiger partial charge < -0.3 is 20.5 Å². The van der Waals surface area contributed by atoms with E-state index in [1.54, 1.807) is 25.3 Å². The molecule has 224 valence electrons. The van der Waals surface area contributed by atoms with Gasteiger partial charge in [-0.2, -0.15) is 5.10 Å². The Morgan fingerprint density at radius 2 is 1.72 bits per heavy atom. The van der Waals surface area contributed by atoms with Crippen molar-refractivity contribution >= 4 is 46.4 Å². The lowest BCUT2D eigenvalue weighted by molar-refractivity contribution is 0.0901. The smallest absolute Gasteiger partial charge is 0.279 e. The van der Waals surface area contributed by atoms with Crippen molar-refractivity contribution in [2.24, 2.45) is 7.05 Å². The zero-order chi connectivity index (χ0) is 30.7. The molecule has 4 aromatic rings. The molecule has 5 rings (SSSR count). The third-order valence-electron chi connectivity index (χ3n) is 7.51. The van der Waals surface area contributed by atoms with Gasteiger partial charge in [-0.05, 0) is 31.0 Å². The van der Waals surface area contributed by atoms with Gasteiger partial charge in [0.1, 0.15) is 5.56 Å². The van der Waals surface area contributed by atoms with E-state index in [1.165, 1.54) is 13.1 Å². The number of carbonyl (C=O) groups excluding carboxylic acids is 1. The Morgan fingerprint density at radius 1 is 1.02 bits per heavy atom. The summed E-state index contributed by atoms with van der Waals surface area (Å²) in [5, 5.41) is 20.9. The number of aryl methyl sites for hydroxylation is 1. The molecule has 0 radical (unpaired) electrons. The molecule has 43 heavy (non-hydrogen) atoms. The first-order valence-electron chi connectivity index (χ1n) is 13.8. The second-order valence-electron chi connectivity index (χ2n) is 10.3. The molecular weight excluding hydrogens is 613 g/mol. The van der Waals surface area contributed by atoms with E-state index in [2.05, 4.69) is 15.7 Å². The molecule has 2 atom stereocenters. The number of aliphatic hydroxyl groups is 1. The number of rotatable bonds is 8. The maximum atomic E-state index is 13.0. The fourth-order valence-electron chi connectivity index (χ4n) is 5.22. The minimum atomic E-state index is -0.673. The molecule has 2 aromatic carbocycles. The van der Waals surface area contributed by atoms with E-state index in [9.17, 15) is 14.7 Å². The van der Waals surface area contributed by atoms with Crippen LogP contribution in [0.2, 0.25) is 15.2 Å². The Morgan fingerprint density at radius 3 is 2.47 bits per heavy atom. The Kier molecular flexibility index (Phi) is 9.68. The van der Waals surface area contributed by atoms with Gasteiger partial charge in [-0.1, -0.05) is 84.0 Å². The predicted octanol–water partition coefficient (Wildman–Crippen LogP) is 6.12. The van der Waals surface area contributed by atoms with E-state index in [1.807, 2.05) is 30.3 Å². The summed E-state index contributed by atoms with van der Waals surface area (Å²) in [5.41, 5.74) is 2.87. The highest BCUT2D eigenvalue weighted by Gasteiger charge is 2.23. The molecular formula is C31H30Cl3N5O4. The molecule has 0 bridgehead atoms. The zero-order valence-electron chi connectivity index (χ0n) is 23.5. The minimum Gasteiger partial charge on any atom is -0.481 e. The Balaban J connectivity index is 1.41. The van der Waals surface area contributed by atoms with Gasteiger partial charge in [0.25, 0.3) is 11.5 Å². The third kappa shape index (κ3) is 6.71. The summed E-state index contributed by atoms with van der Waals surface area (Å²) in [6.07, 6.45) is 3.52. The zero-order valence-corrected chi connectivity index (χ0v) is 25.8. The van der Waals surface area contributed by atoms with Crippen LogP contribution >= 0.6 is 34.8 Å². The molecule has 0 spiro atoms. The quantitative estimate of drug-likeness (QED) is 0.212. The van der Waals surface area contributed by atoms with Crippen molar-refractivity contribution < 1.29 is 14.6 Å². The van der Waals surface area contributed by atoms with Crippen LogP contribution in [-0.4, -0.2) is 45.0 Å². The molecule has 1 amide bonds. The topological polar surface area (TPSA) is 118 Å². The van der Waals surface area contributed by atoms with Crippen LogP contribution in [0, 0.1) is 0 Å². The maximum Gasteiger partial charge on any atom is 0.279 e. The van der Waals surface area contributed by atoms with Crippen LogP contribution in [0.1, 0.15) is 41.6 Å². The summed E-state index contributed by atoms with van der Waals surface area (Å²) in [6, 6.07) is 15.7. The Hall–Kier alpha value is -3.47. The van der Waals surface area contributed by atoms with Crippen molar-refractivity contribution in [2.75, 3.05) is 12.4 Å². The number of hydrogen-bond acceptors (Lipinski definition) is 7. The molecule has 0 aliphatic heterocycles. The fourth-order valence-corrected chi connectivity index (χ4v) is 6.04. The van der Waals surface area contributed by atoms with Crippen molar-refractivity contribution in [1.29, 1.82) is 0 Å². The van der Waals surface area contributed by atoms with E-state index < -0.39 is 11.5 Å². The van der Waals surface area contributed by atoms with Crippen LogP contribution in [0.3, 0.4) is 0 Å². The number of halogens is 3. The molecule has 0 unspecified atom stereocenters. The average Bonchev–Trinajstić information content (AvgIpc) is 3.00. The maximum absolute atomic E-state index is 13.0. The summed E-state index contributed by atoms with van der Waals surface area (Å²) in [5.74, 6) is -0.213. The number of nitrogens with one attached hydrogen (secondary N) is 2. The van der Waals surface area contributed by atoms with Gasteiger partial charge in [-0.15, -0.1) is 0 Å². The number of carbonyl (C=O) groups is 1. The number of benzene rings is 2. The molecule has 12 heteroatoms. The van der Waals surface area contributed by atoms with Crippen molar-refractivity contribution in [1.82, 2.24) is 20.1 Å². The van der Waals surface area contributed by atoms with Crippen LogP contribution in [-0.2, 0) is 13.6 Å². The highest BCUT2D eigenvalue weighted by atomic mass is 35.5. The molecule has 2 aromatic heterocycles. The van der Waals surface area contributed by atoms with Gasteiger partial charge in [0.2, 0.25) is 5.88 Å². The number of aromatic nitrogens is 3. The lowest BCUT2D eigenvalue weighted by Crippen LogP contribution is -2.41. The van der Waals surface area contributed by atoms with Crippen molar-refractivity contribution in [3.63, 3.8) is 0 Å². The lowest BCUT2D eigenvalue weighted by atomic mass is 9.92. The molecule has 1 saturated carbocycles. The number of nitrogens with zero attached hydrogens (tertiary/aromatic N) is 3. The van der Waals surface area contributed by atoms with Gasteiger partial charge in [0.05, 0.1) is 34.6 Å². The van der Waals surface area contributed by atoms with Crippen LogP contribution in [0.4, 0.5) is 5.69 Å². The third-order valence-corrected chi connectivity index (χ3v) is 8.51. The number of pyridine rings is 1. The number of ether oxygens (including phenoxy) is 1. The second-order valence-corrected chi connectivity index (χ2v) is 11.4. The molecule has 1 fully saturated rings. The minimum absolute atomic E-state index is 0.00764. The average molecular weight is 643 g/mol. The standard InChI is InChI=1S/C31H30Cl3N5O4/c1-39-31(42)21(15-26(32)38-39)29(41)36-24-11-6-8-19(28(24)34)18-7-5-9-20(27(18)33)22-14-13-17(30(37-22)43-2)16-35-23-10-3-4-12-25(23)40/h5-9,11,13-15,23,25,35,40H,3-4,10,12,16H2,1-2H3,(H,36,41)/t23-,25+/m1/s1. The van der Waals surface area contributed by atoms with Crippen molar-refractivity contribution in [2.45, 2.75) is 44.4 Å². The summed E-state index contributed by atoms with van der Waals surface area (Å²) in [6.45, 7) is 0.512. The predicted molar refractivity (Wildman–Crippen MR) is 169 cm³/mol. The van der Waals surface area contributed by atoms with Crippen molar-refractivity contribution in [3.05, 3.63) is 91.3 Å². The summed E-state index contributed by atoms with van der Waals surface area (Å²) in [4.78, 5) is 30.1. The molecule has 1 aliphatic carbocycles. The normalized spacial score (nSPS) is 16.6. The largest absolute Gasteiger partial charge is 0.481 e. The van der Waals surface area contributed by atoms with E-state index in [0.29, 0.717) is 45.5 Å². The highest BCUT2D eigenvalue weighted by molar-refractivity contribution is 6.39. The number of methoxy groups -OCH3 is 1. The summed E-state index contributed by atoms with van der Waals surface area (Å²) < 4.78 is 6.60. The summed E-state index contributed by atoms with van der Waals surface area (Å²) >= 11 is 19.7. The first-order chi connectivity index (χ1) is 20.7. The lowest BCUT2D eigenvalue weighted by Gasteiger charge is -2.28. The SMILES string of the molecule is COc1nc(-c2cccc(-c3cccc(NC(=O)c4cc(Cl)nn(C)c4=O)c3Cl)c2Cl)ccc1CN[C@@H]1CCCC[C@@H]1O. The fraction of sp³-hybridized carbons (Fsp3) is 0.290. The highest BCUT2D eigenvalue weighted by Crippen LogP contribution is 2.41. The second kappa shape index (κ2) is 13.4. The number of amides is 1. The Bertz CT molecular complexity index is 1730. The van der Waals surface area contributed by atoms with Gasteiger partial charge >= 0.3 is 0 Å². The molecule has 3 N–H and O–H groups in total. The first kappa shape index (κ1) is 31.0. The van der Waals surface area contributed by atoms with Crippen LogP contribution in [0.15, 0.2) is 59.4 Å².